The highest BCUT2D eigenvalue weighted by atomic mass is 79.9. The van der Waals surface area contributed by atoms with Gasteiger partial charge >= 0.3 is 5.97 Å². The Morgan fingerprint density at radius 3 is 2.83 bits per heavy atom. The molecule has 18 heavy (non-hydrogen) atoms. The van der Waals surface area contributed by atoms with Gasteiger partial charge in [-0.25, -0.2) is 0 Å². The van der Waals surface area contributed by atoms with E-state index < -0.39 is 5.97 Å². The van der Waals surface area contributed by atoms with Crippen molar-refractivity contribution in [1.29, 1.82) is 5.26 Å². The number of nitriles is 1. The largest absolute Gasteiger partial charge is 0.481 e. The SMILES string of the molecule is CC1CN(c2ccc(Br)cc2C#N)CC1C(=O)O. The van der Waals surface area contributed by atoms with Crippen molar-refractivity contribution in [2.75, 3.05) is 18.0 Å². The lowest BCUT2D eigenvalue weighted by molar-refractivity contribution is -0.142. The maximum atomic E-state index is 11.1. The van der Waals surface area contributed by atoms with Gasteiger partial charge in [-0.15, -0.1) is 0 Å². The normalized spacial score (nSPS) is 22.8. The van der Waals surface area contributed by atoms with Crippen LogP contribution in [0.3, 0.4) is 0 Å². The topological polar surface area (TPSA) is 64.3 Å². The number of anilines is 1. The summed E-state index contributed by atoms with van der Waals surface area (Å²) in [6, 6.07) is 7.64. The minimum absolute atomic E-state index is 0.0951. The fourth-order valence-corrected chi connectivity index (χ4v) is 2.72. The monoisotopic (exact) mass is 308 g/mol. The van der Waals surface area contributed by atoms with E-state index in [9.17, 15) is 4.79 Å². The lowest BCUT2D eigenvalue weighted by Crippen LogP contribution is -2.23. The predicted molar refractivity (Wildman–Crippen MR) is 71.4 cm³/mol. The third kappa shape index (κ3) is 2.34. The summed E-state index contributed by atoms with van der Waals surface area (Å²) >= 11 is 3.33. The number of benzene rings is 1. The molecule has 1 heterocycles. The van der Waals surface area contributed by atoms with Gasteiger partial charge in [0, 0.05) is 17.6 Å². The zero-order valence-corrected chi connectivity index (χ0v) is 11.5. The molecular formula is C13H13BrN2O2. The molecule has 5 heteroatoms. The van der Waals surface area contributed by atoms with E-state index in [4.69, 9.17) is 10.4 Å². The second-order valence-electron chi connectivity index (χ2n) is 4.60. The van der Waals surface area contributed by atoms with Gasteiger partial charge in [0.25, 0.3) is 0 Å². The molecule has 1 N–H and O–H groups in total. The van der Waals surface area contributed by atoms with Crippen LogP contribution in [0.15, 0.2) is 22.7 Å². The second kappa shape index (κ2) is 4.99. The molecule has 0 amide bonds. The molecule has 1 aromatic rings. The molecule has 1 saturated heterocycles. The van der Waals surface area contributed by atoms with Crippen LogP contribution in [0, 0.1) is 23.2 Å². The number of hydrogen-bond donors (Lipinski definition) is 1. The average molecular weight is 309 g/mol. The summed E-state index contributed by atoms with van der Waals surface area (Å²) in [6.45, 7) is 3.07. The third-order valence-electron chi connectivity index (χ3n) is 3.35. The zero-order chi connectivity index (χ0) is 13.3. The predicted octanol–water partition coefficient (Wildman–Crippen LogP) is 2.48. The summed E-state index contributed by atoms with van der Waals surface area (Å²) in [5, 5.41) is 18.3. The van der Waals surface area contributed by atoms with Crippen LogP contribution in [0.5, 0.6) is 0 Å². The molecule has 2 rings (SSSR count). The van der Waals surface area contributed by atoms with Crippen molar-refractivity contribution in [2.45, 2.75) is 6.92 Å². The molecule has 94 valence electrons. The Labute approximate surface area is 114 Å². The number of halogens is 1. The lowest BCUT2D eigenvalue weighted by Gasteiger charge is -2.19. The number of hydrogen-bond acceptors (Lipinski definition) is 3. The highest BCUT2D eigenvalue weighted by molar-refractivity contribution is 9.10. The van der Waals surface area contributed by atoms with E-state index in [0.717, 1.165) is 10.2 Å². The zero-order valence-electron chi connectivity index (χ0n) is 9.93. The van der Waals surface area contributed by atoms with Crippen molar-refractivity contribution < 1.29 is 9.90 Å². The van der Waals surface area contributed by atoms with Gasteiger partial charge in [0.2, 0.25) is 0 Å². The molecule has 0 bridgehead atoms. The Morgan fingerprint density at radius 1 is 1.56 bits per heavy atom. The van der Waals surface area contributed by atoms with Gasteiger partial charge in [0.15, 0.2) is 0 Å². The first kappa shape index (κ1) is 12.9. The van der Waals surface area contributed by atoms with E-state index in [1.807, 2.05) is 24.0 Å². The fourth-order valence-electron chi connectivity index (χ4n) is 2.36. The van der Waals surface area contributed by atoms with Crippen LogP contribution in [0.4, 0.5) is 5.69 Å². The molecule has 4 nitrogen and oxygen atoms in total. The first-order valence-electron chi connectivity index (χ1n) is 5.70. The van der Waals surface area contributed by atoms with Crippen molar-refractivity contribution in [1.82, 2.24) is 0 Å². The number of rotatable bonds is 2. The number of carbonyl (C=O) groups is 1. The lowest BCUT2D eigenvalue weighted by atomic mass is 9.99. The summed E-state index contributed by atoms with van der Waals surface area (Å²) in [5.41, 5.74) is 1.39. The van der Waals surface area contributed by atoms with Crippen molar-refractivity contribution in [3.8, 4) is 6.07 Å². The Bertz CT molecular complexity index is 524. The number of aliphatic carboxylic acids is 1. The highest BCUT2D eigenvalue weighted by Gasteiger charge is 2.35. The van der Waals surface area contributed by atoms with Gasteiger partial charge < -0.3 is 10.0 Å². The van der Waals surface area contributed by atoms with Gasteiger partial charge in [-0.3, -0.25) is 4.79 Å². The van der Waals surface area contributed by atoms with Gasteiger partial charge in [0.1, 0.15) is 6.07 Å². The molecule has 1 aliphatic heterocycles. The molecule has 0 saturated carbocycles. The molecule has 2 unspecified atom stereocenters. The number of carboxylic acids is 1. The van der Waals surface area contributed by atoms with E-state index in [1.165, 1.54) is 0 Å². The Morgan fingerprint density at radius 2 is 2.28 bits per heavy atom. The number of nitrogens with zero attached hydrogens (tertiary/aromatic N) is 2. The van der Waals surface area contributed by atoms with Crippen LogP contribution in [0.1, 0.15) is 12.5 Å². The standard InChI is InChI=1S/C13H13BrN2O2/c1-8-6-16(7-11(8)13(17)18)12-3-2-10(14)4-9(12)5-15/h2-4,8,11H,6-7H2,1H3,(H,17,18). The van der Waals surface area contributed by atoms with E-state index in [0.29, 0.717) is 18.7 Å². The molecule has 0 radical (unpaired) electrons. The Hall–Kier alpha value is -1.54. The summed E-state index contributed by atoms with van der Waals surface area (Å²) in [7, 11) is 0. The van der Waals surface area contributed by atoms with Crippen molar-refractivity contribution in [3.05, 3.63) is 28.2 Å². The van der Waals surface area contributed by atoms with Crippen LogP contribution < -0.4 is 4.90 Å². The molecular weight excluding hydrogens is 296 g/mol. The van der Waals surface area contributed by atoms with Gasteiger partial charge in [-0.2, -0.15) is 5.26 Å². The van der Waals surface area contributed by atoms with Crippen LogP contribution in [0.25, 0.3) is 0 Å². The van der Waals surface area contributed by atoms with Gasteiger partial charge in [-0.05, 0) is 24.1 Å². The minimum atomic E-state index is -0.763. The molecule has 1 aliphatic rings. The van der Waals surface area contributed by atoms with Crippen molar-refractivity contribution in [3.63, 3.8) is 0 Å². The average Bonchev–Trinajstić information content (AvgIpc) is 2.71. The summed E-state index contributed by atoms with van der Waals surface area (Å²) < 4.78 is 0.852. The summed E-state index contributed by atoms with van der Waals surface area (Å²) in [4.78, 5) is 13.1. The first-order chi connectivity index (χ1) is 8.52. The summed E-state index contributed by atoms with van der Waals surface area (Å²) in [6.07, 6.45) is 0. The molecule has 0 aromatic heterocycles. The van der Waals surface area contributed by atoms with Crippen molar-refractivity contribution >= 4 is 27.6 Å². The Kier molecular flexibility index (Phi) is 3.58. The van der Waals surface area contributed by atoms with Crippen LogP contribution in [-0.4, -0.2) is 24.2 Å². The maximum Gasteiger partial charge on any atom is 0.308 e. The summed E-state index contributed by atoms with van der Waals surface area (Å²) in [5.74, 6) is -1.03. The van der Waals surface area contributed by atoms with Crippen LogP contribution in [-0.2, 0) is 4.79 Å². The Balaban J connectivity index is 2.29. The molecule has 2 atom stereocenters. The number of carboxylic acid groups (broad SMARTS) is 1. The molecule has 0 aliphatic carbocycles. The van der Waals surface area contributed by atoms with E-state index in [2.05, 4.69) is 22.0 Å². The van der Waals surface area contributed by atoms with Gasteiger partial charge in [-0.1, -0.05) is 22.9 Å². The first-order valence-corrected chi connectivity index (χ1v) is 6.49. The maximum absolute atomic E-state index is 11.1. The minimum Gasteiger partial charge on any atom is -0.481 e. The van der Waals surface area contributed by atoms with E-state index in [-0.39, 0.29) is 11.8 Å². The van der Waals surface area contributed by atoms with E-state index in [1.54, 1.807) is 6.07 Å². The third-order valence-corrected chi connectivity index (χ3v) is 3.84. The van der Waals surface area contributed by atoms with Crippen LogP contribution in [0.2, 0.25) is 0 Å². The molecule has 0 spiro atoms. The van der Waals surface area contributed by atoms with Crippen molar-refractivity contribution in [2.24, 2.45) is 11.8 Å². The fraction of sp³-hybridized carbons (Fsp3) is 0.385. The quantitative estimate of drug-likeness (QED) is 0.911. The highest BCUT2D eigenvalue weighted by Crippen LogP contribution is 2.31. The molecule has 1 aromatic carbocycles. The van der Waals surface area contributed by atoms with Gasteiger partial charge in [0.05, 0.1) is 17.2 Å². The second-order valence-corrected chi connectivity index (χ2v) is 5.52. The molecule has 1 fully saturated rings. The van der Waals surface area contributed by atoms with Crippen LogP contribution >= 0.6 is 15.9 Å². The van der Waals surface area contributed by atoms with E-state index >= 15 is 0 Å². The smallest absolute Gasteiger partial charge is 0.308 e.